The van der Waals surface area contributed by atoms with Gasteiger partial charge >= 0.3 is 5.97 Å². The summed E-state index contributed by atoms with van der Waals surface area (Å²) in [4.78, 5) is 10.6. The first kappa shape index (κ1) is 9.00. The van der Waals surface area contributed by atoms with Crippen LogP contribution in [0.1, 0.15) is 23.1 Å². The minimum Gasteiger partial charge on any atom is -0.481 e. The van der Waals surface area contributed by atoms with Crippen molar-refractivity contribution in [3.8, 4) is 0 Å². The third-order valence-corrected chi connectivity index (χ3v) is 2.59. The lowest BCUT2D eigenvalue weighted by atomic mass is 10.0. The molecule has 2 nitrogen and oxygen atoms in total. The van der Waals surface area contributed by atoms with Gasteiger partial charge in [0.1, 0.15) is 0 Å². The Bertz CT molecular complexity index is 416. The monoisotopic (exact) mass is 188 g/mol. The van der Waals surface area contributed by atoms with Crippen molar-refractivity contribution in [1.82, 2.24) is 0 Å². The summed E-state index contributed by atoms with van der Waals surface area (Å²) < 4.78 is 0. The highest BCUT2D eigenvalue weighted by Gasteiger charge is 2.15. The zero-order chi connectivity index (χ0) is 10.1. The molecule has 0 spiro atoms. The molecule has 1 N–H and O–H groups in total. The first-order chi connectivity index (χ1) is 6.66. The summed E-state index contributed by atoms with van der Waals surface area (Å²) in [7, 11) is 0. The molecule has 0 saturated heterocycles. The number of aliphatic carboxylic acids is 1. The first-order valence-corrected chi connectivity index (χ1v) is 4.66. The van der Waals surface area contributed by atoms with Crippen LogP contribution < -0.4 is 0 Å². The fourth-order valence-electron chi connectivity index (χ4n) is 1.91. The molecule has 1 aromatic carbocycles. The van der Waals surface area contributed by atoms with Crippen LogP contribution in [0.4, 0.5) is 0 Å². The van der Waals surface area contributed by atoms with Crippen molar-refractivity contribution in [3.63, 3.8) is 0 Å². The fourth-order valence-corrected chi connectivity index (χ4v) is 1.91. The molecule has 0 saturated carbocycles. The highest BCUT2D eigenvalue weighted by molar-refractivity contribution is 5.76. The van der Waals surface area contributed by atoms with Crippen LogP contribution in [0.15, 0.2) is 23.8 Å². The Morgan fingerprint density at radius 2 is 2.29 bits per heavy atom. The summed E-state index contributed by atoms with van der Waals surface area (Å²) in [6, 6.07) is 6.11. The Labute approximate surface area is 82.9 Å². The molecule has 1 aromatic rings. The molecule has 0 bridgehead atoms. The van der Waals surface area contributed by atoms with Crippen molar-refractivity contribution in [1.29, 1.82) is 0 Å². The van der Waals surface area contributed by atoms with Gasteiger partial charge in [0.25, 0.3) is 0 Å². The standard InChI is InChI=1S/C12H12O2/c1-8-3-2-4-10-5-9(6-11(8)10)7-12(13)14/h2-5H,6-7H2,1H3,(H,13,14). The predicted molar refractivity (Wildman–Crippen MR) is 55.1 cm³/mol. The van der Waals surface area contributed by atoms with E-state index in [0.717, 1.165) is 12.0 Å². The van der Waals surface area contributed by atoms with E-state index in [2.05, 4.69) is 13.0 Å². The molecule has 0 aromatic heterocycles. The Balaban J connectivity index is 2.28. The van der Waals surface area contributed by atoms with Crippen molar-refractivity contribution in [2.75, 3.05) is 0 Å². The molecule has 0 atom stereocenters. The fraction of sp³-hybridized carbons (Fsp3) is 0.250. The lowest BCUT2D eigenvalue weighted by molar-refractivity contribution is -0.136. The van der Waals surface area contributed by atoms with E-state index in [0.29, 0.717) is 0 Å². The van der Waals surface area contributed by atoms with E-state index >= 15 is 0 Å². The Morgan fingerprint density at radius 3 is 2.93 bits per heavy atom. The minimum atomic E-state index is -0.748. The lowest BCUT2D eigenvalue weighted by Gasteiger charge is -2.02. The van der Waals surface area contributed by atoms with Gasteiger partial charge in [-0.1, -0.05) is 29.8 Å². The zero-order valence-corrected chi connectivity index (χ0v) is 8.08. The second-order valence-corrected chi connectivity index (χ2v) is 3.69. The summed E-state index contributed by atoms with van der Waals surface area (Å²) >= 11 is 0. The van der Waals surface area contributed by atoms with E-state index in [4.69, 9.17) is 5.11 Å². The highest BCUT2D eigenvalue weighted by atomic mass is 16.4. The van der Waals surface area contributed by atoms with Crippen LogP contribution >= 0.6 is 0 Å². The largest absolute Gasteiger partial charge is 0.481 e. The first-order valence-electron chi connectivity index (χ1n) is 4.66. The molecular weight excluding hydrogens is 176 g/mol. The highest BCUT2D eigenvalue weighted by Crippen LogP contribution is 2.28. The second kappa shape index (κ2) is 3.29. The van der Waals surface area contributed by atoms with Crippen LogP contribution in [-0.4, -0.2) is 11.1 Å². The third-order valence-electron chi connectivity index (χ3n) is 2.59. The molecule has 0 radical (unpaired) electrons. The molecule has 0 heterocycles. The van der Waals surface area contributed by atoms with E-state index in [1.807, 2.05) is 18.2 Å². The molecule has 72 valence electrons. The number of carboxylic acids is 1. The van der Waals surface area contributed by atoms with Crippen LogP contribution in [0.5, 0.6) is 0 Å². The van der Waals surface area contributed by atoms with Gasteiger partial charge in [-0.3, -0.25) is 4.79 Å². The molecule has 14 heavy (non-hydrogen) atoms. The topological polar surface area (TPSA) is 37.3 Å². The normalized spacial score (nSPS) is 13.6. The minimum absolute atomic E-state index is 0.161. The van der Waals surface area contributed by atoms with Gasteiger partial charge in [0, 0.05) is 0 Å². The number of fused-ring (bicyclic) bond motifs is 1. The zero-order valence-electron chi connectivity index (χ0n) is 8.08. The number of rotatable bonds is 2. The number of benzene rings is 1. The number of carboxylic acid groups (broad SMARTS) is 1. The Kier molecular flexibility index (Phi) is 2.12. The smallest absolute Gasteiger partial charge is 0.307 e. The van der Waals surface area contributed by atoms with Crippen LogP contribution in [0.3, 0.4) is 0 Å². The van der Waals surface area contributed by atoms with Gasteiger partial charge in [0.05, 0.1) is 6.42 Å². The van der Waals surface area contributed by atoms with Crippen LogP contribution in [-0.2, 0) is 11.2 Å². The van der Waals surface area contributed by atoms with Gasteiger partial charge in [-0.2, -0.15) is 0 Å². The summed E-state index contributed by atoms with van der Waals surface area (Å²) in [5.74, 6) is -0.748. The molecule has 0 amide bonds. The summed E-state index contributed by atoms with van der Waals surface area (Å²) in [5.41, 5.74) is 4.71. The molecular formula is C12H12O2. The Morgan fingerprint density at radius 1 is 1.50 bits per heavy atom. The molecule has 1 aliphatic carbocycles. The van der Waals surface area contributed by atoms with Gasteiger partial charge in [-0.25, -0.2) is 0 Å². The van der Waals surface area contributed by atoms with Crippen LogP contribution in [0.2, 0.25) is 0 Å². The van der Waals surface area contributed by atoms with E-state index in [1.165, 1.54) is 16.7 Å². The number of hydrogen-bond acceptors (Lipinski definition) is 1. The maximum absolute atomic E-state index is 10.6. The van der Waals surface area contributed by atoms with Crippen molar-refractivity contribution >= 4 is 12.0 Å². The summed E-state index contributed by atoms with van der Waals surface area (Å²) in [6.07, 6.45) is 2.96. The van der Waals surface area contributed by atoms with E-state index in [-0.39, 0.29) is 6.42 Å². The average Bonchev–Trinajstić information content (AvgIpc) is 2.47. The maximum atomic E-state index is 10.6. The molecule has 0 fully saturated rings. The van der Waals surface area contributed by atoms with E-state index in [9.17, 15) is 4.79 Å². The van der Waals surface area contributed by atoms with Crippen molar-refractivity contribution in [3.05, 3.63) is 40.5 Å². The van der Waals surface area contributed by atoms with Crippen molar-refractivity contribution in [2.45, 2.75) is 19.8 Å². The van der Waals surface area contributed by atoms with Crippen LogP contribution in [0.25, 0.3) is 6.08 Å². The number of carbonyl (C=O) groups is 1. The molecule has 1 aliphatic rings. The predicted octanol–water partition coefficient (Wildman–Crippen LogP) is 2.41. The quantitative estimate of drug-likeness (QED) is 0.773. The van der Waals surface area contributed by atoms with Gasteiger partial charge in [-0.15, -0.1) is 0 Å². The second-order valence-electron chi connectivity index (χ2n) is 3.69. The summed E-state index contributed by atoms with van der Waals surface area (Å²) in [5, 5.41) is 8.68. The van der Waals surface area contributed by atoms with Gasteiger partial charge in [0.2, 0.25) is 0 Å². The SMILES string of the molecule is Cc1cccc2c1CC(CC(=O)O)=C2. The molecule has 2 rings (SSSR count). The maximum Gasteiger partial charge on any atom is 0.307 e. The third kappa shape index (κ3) is 1.55. The average molecular weight is 188 g/mol. The van der Waals surface area contributed by atoms with Gasteiger partial charge in [0.15, 0.2) is 0 Å². The van der Waals surface area contributed by atoms with Crippen molar-refractivity contribution < 1.29 is 9.90 Å². The van der Waals surface area contributed by atoms with Crippen molar-refractivity contribution in [2.24, 2.45) is 0 Å². The lowest BCUT2D eigenvalue weighted by Crippen LogP contribution is -1.97. The number of hydrogen-bond donors (Lipinski definition) is 1. The van der Waals surface area contributed by atoms with Crippen LogP contribution in [0, 0.1) is 6.92 Å². The Hall–Kier alpha value is -1.57. The van der Waals surface area contributed by atoms with E-state index < -0.39 is 5.97 Å². The molecule has 0 unspecified atom stereocenters. The van der Waals surface area contributed by atoms with Gasteiger partial charge in [-0.05, 0) is 30.0 Å². The number of aryl methyl sites for hydroxylation is 1. The van der Waals surface area contributed by atoms with E-state index in [1.54, 1.807) is 0 Å². The summed E-state index contributed by atoms with van der Waals surface area (Å²) in [6.45, 7) is 2.07. The molecule has 0 aliphatic heterocycles. The van der Waals surface area contributed by atoms with Gasteiger partial charge < -0.3 is 5.11 Å². The molecule has 2 heteroatoms.